The molecule has 0 unspecified atom stereocenters. The van der Waals surface area contributed by atoms with Gasteiger partial charge in [-0.1, -0.05) is 12.1 Å². The molecule has 3 aromatic rings. The molecule has 0 radical (unpaired) electrons. The van der Waals surface area contributed by atoms with E-state index >= 15 is 4.39 Å². The van der Waals surface area contributed by atoms with E-state index in [9.17, 15) is 4.79 Å². The molecule has 7 nitrogen and oxygen atoms in total. The molecule has 170 valence electrons. The van der Waals surface area contributed by atoms with E-state index < -0.39 is 11.6 Å². The first kappa shape index (κ1) is 22.4. The summed E-state index contributed by atoms with van der Waals surface area (Å²) in [7, 11) is 1.87. The third kappa shape index (κ3) is 5.14. The number of carbonyl (C=O) groups is 1. The van der Waals surface area contributed by atoms with Gasteiger partial charge in [-0.05, 0) is 36.9 Å². The Morgan fingerprint density at radius 2 is 1.97 bits per heavy atom. The highest BCUT2D eigenvalue weighted by Crippen LogP contribution is 2.29. The van der Waals surface area contributed by atoms with Gasteiger partial charge in [0.05, 0.1) is 18.9 Å². The fourth-order valence-electron chi connectivity index (χ4n) is 3.96. The summed E-state index contributed by atoms with van der Waals surface area (Å²) < 4.78 is 22.7. The summed E-state index contributed by atoms with van der Waals surface area (Å²) in [6.45, 7) is 6.42. The monoisotopic (exact) mass is 439 g/mol. The molecule has 1 saturated heterocycles. The Hall–Kier alpha value is -2.84. The number of aromatic nitrogens is 3. The van der Waals surface area contributed by atoms with E-state index in [2.05, 4.69) is 20.3 Å². The lowest BCUT2D eigenvalue weighted by molar-refractivity contribution is -0.130. The third-order valence-corrected chi connectivity index (χ3v) is 5.92. The summed E-state index contributed by atoms with van der Waals surface area (Å²) in [6.07, 6.45) is 5.96. The van der Waals surface area contributed by atoms with E-state index in [1.807, 2.05) is 45.3 Å². The second kappa shape index (κ2) is 9.34. The molecule has 4 rings (SSSR count). The Balaban J connectivity index is 1.41. The first-order chi connectivity index (χ1) is 15.3. The van der Waals surface area contributed by atoms with Crippen molar-refractivity contribution in [3.8, 4) is 11.1 Å². The summed E-state index contributed by atoms with van der Waals surface area (Å²) >= 11 is 0. The molecule has 1 aliphatic heterocycles. The molecule has 1 aromatic carbocycles. The highest BCUT2D eigenvalue weighted by molar-refractivity contribution is 5.98. The number of amides is 1. The maximum Gasteiger partial charge on any atom is 0.263 e. The van der Waals surface area contributed by atoms with Gasteiger partial charge >= 0.3 is 0 Å². The number of pyridine rings is 1. The van der Waals surface area contributed by atoms with Crippen molar-refractivity contribution < 1.29 is 13.9 Å². The van der Waals surface area contributed by atoms with E-state index in [0.29, 0.717) is 25.5 Å². The van der Waals surface area contributed by atoms with Crippen LogP contribution in [0.5, 0.6) is 0 Å². The number of hydrogen-bond donors (Lipinski definition) is 1. The third-order valence-electron chi connectivity index (χ3n) is 5.92. The number of benzene rings is 1. The van der Waals surface area contributed by atoms with Gasteiger partial charge in [0.1, 0.15) is 5.82 Å². The number of nitrogens with one attached hydrogen (secondary N) is 1. The minimum absolute atomic E-state index is 0.166. The second-order valence-electron chi connectivity index (χ2n) is 8.71. The predicted molar refractivity (Wildman–Crippen MR) is 123 cm³/mol. The Morgan fingerprint density at radius 3 is 2.66 bits per heavy atom. The minimum Gasteiger partial charge on any atom is -0.377 e. The average Bonchev–Trinajstić information content (AvgIpc) is 3.21. The number of anilines is 1. The van der Waals surface area contributed by atoms with Gasteiger partial charge in [0.2, 0.25) is 0 Å². The normalized spacial score (nSPS) is 16.5. The van der Waals surface area contributed by atoms with Crippen molar-refractivity contribution in [1.82, 2.24) is 19.7 Å². The average molecular weight is 440 g/mol. The number of ether oxygens (including phenoxy) is 1. The molecule has 2 aromatic heterocycles. The smallest absolute Gasteiger partial charge is 0.263 e. The fourth-order valence-corrected chi connectivity index (χ4v) is 3.96. The first-order valence-corrected chi connectivity index (χ1v) is 11.1. The lowest BCUT2D eigenvalue weighted by Crippen LogP contribution is -2.49. The van der Waals surface area contributed by atoms with Crippen molar-refractivity contribution in [2.45, 2.75) is 38.5 Å². The van der Waals surface area contributed by atoms with Gasteiger partial charge in [0.25, 0.3) is 5.91 Å². The molecule has 32 heavy (non-hydrogen) atoms. The number of hydrogen-bond acceptors (Lipinski definition) is 5. The van der Waals surface area contributed by atoms with Gasteiger partial charge in [0, 0.05) is 62.9 Å². The maximum absolute atomic E-state index is 15.4. The van der Waals surface area contributed by atoms with Crippen LogP contribution in [0, 0.1) is 0 Å². The lowest BCUT2D eigenvalue weighted by Gasteiger charge is -2.35. The van der Waals surface area contributed by atoms with E-state index in [4.69, 9.17) is 4.74 Å². The molecule has 0 bridgehead atoms. The van der Waals surface area contributed by atoms with Crippen LogP contribution in [0.1, 0.15) is 26.7 Å². The molecule has 8 heteroatoms. The van der Waals surface area contributed by atoms with Crippen LogP contribution in [-0.2, 0) is 16.6 Å². The van der Waals surface area contributed by atoms with Gasteiger partial charge in [-0.15, -0.1) is 0 Å². The SMILES string of the molecule is CC(C)OCCN1CCC(F)(C(=O)Nc2cc3cc(-c4cnn(C)c4)ccc3cn2)CC1. The second-order valence-corrected chi connectivity index (χ2v) is 8.71. The lowest BCUT2D eigenvalue weighted by atomic mass is 9.92. The number of halogens is 1. The fraction of sp³-hybridized carbons (Fsp3) is 0.458. The zero-order valence-electron chi connectivity index (χ0n) is 18.8. The van der Waals surface area contributed by atoms with Crippen molar-refractivity contribution in [2.24, 2.45) is 7.05 Å². The standard InChI is InChI=1S/C24H30FN5O2/c1-17(2)32-11-10-30-8-6-24(25,7-9-30)23(31)28-22-13-20-12-18(4-5-19(20)14-26-22)21-15-27-29(3)16-21/h4-5,12-17H,6-11H2,1-3H3,(H,26,28,31). The molecule has 3 heterocycles. The van der Waals surface area contributed by atoms with E-state index in [0.717, 1.165) is 28.4 Å². The van der Waals surface area contributed by atoms with Gasteiger partial charge in [-0.25, -0.2) is 9.37 Å². The zero-order chi connectivity index (χ0) is 22.7. The molecule has 0 saturated carbocycles. The molecule has 0 aliphatic carbocycles. The summed E-state index contributed by atoms with van der Waals surface area (Å²) in [5, 5.41) is 8.78. The topological polar surface area (TPSA) is 72.3 Å². The molecule has 0 spiro atoms. The number of fused-ring (bicyclic) bond motifs is 1. The maximum atomic E-state index is 15.4. The summed E-state index contributed by atoms with van der Waals surface area (Å²) in [6, 6.07) is 7.79. The Labute approximate surface area is 187 Å². The van der Waals surface area contributed by atoms with E-state index in [-0.39, 0.29) is 18.9 Å². The highest BCUT2D eigenvalue weighted by Gasteiger charge is 2.41. The number of piperidine rings is 1. The van der Waals surface area contributed by atoms with Crippen molar-refractivity contribution in [3.05, 3.63) is 42.9 Å². The van der Waals surface area contributed by atoms with Gasteiger partial charge in [0.15, 0.2) is 5.67 Å². The molecule has 1 aliphatic rings. The number of rotatable bonds is 7. The van der Waals surface area contributed by atoms with Crippen molar-refractivity contribution >= 4 is 22.5 Å². The van der Waals surface area contributed by atoms with Crippen LogP contribution in [0.25, 0.3) is 21.9 Å². The van der Waals surface area contributed by atoms with Crippen molar-refractivity contribution in [1.29, 1.82) is 0 Å². The summed E-state index contributed by atoms with van der Waals surface area (Å²) in [5.74, 6) is -0.263. The molecule has 1 amide bonds. The highest BCUT2D eigenvalue weighted by atomic mass is 19.1. The first-order valence-electron chi connectivity index (χ1n) is 11.1. The number of likely N-dealkylation sites (tertiary alicyclic amines) is 1. The quantitative estimate of drug-likeness (QED) is 0.606. The Kier molecular flexibility index (Phi) is 6.53. The van der Waals surface area contributed by atoms with E-state index in [1.165, 1.54) is 0 Å². The van der Waals surface area contributed by atoms with Gasteiger partial charge < -0.3 is 15.0 Å². The zero-order valence-corrected chi connectivity index (χ0v) is 18.8. The molecule has 1 N–H and O–H groups in total. The van der Waals surface area contributed by atoms with Crippen LogP contribution in [0.15, 0.2) is 42.9 Å². The van der Waals surface area contributed by atoms with Crippen molar-refractivity contribution in [3.63, 3.8) is 0 Å². The van der Waals surface area contributed by atoms with Crippen LogP contribution in [-0.4, -0.2) is 63.6 Å². The summed E-state index contributed by atoms with van der Waals surface area (Å²) in [5.41, 5.74) is 0.138. The molecule has 1 fully saturated rings. The molecule has 0 atom stereocenters. The van der Waals surface area contributed by atoms with Crippen LogP contribution in [0.2, 0.25) is 0 Å². The van der Waals surface area contributed by atoms with Gasteiger partial charge in [-0.2, -0.15) is 5.10 Å². The van der Waals surface area contributed by atoms with E-state index in [1.54, 1.807) is 23.1 Å². The van der Waals surface area contributed by atoms with Crippen LogP contribution in [0.3, 0.4) is 0 Å². The Bertz CT molecular complexity index is 1090. The number of nitrogens with zero attached hydrogens (tertiary/aromatic N) is 4. The Morgan fingerprint density at radius 1 is 1.19 bits per heavy atom. The van der Waals surface area contributed by atoms with Crippen LogP contribution in [0.4, 0.5) is 10.2 Å². The molecular weight excluding hydrogens is 409 g/mol. The van der Waals surface area contributed by atoms with Crippen LogP contribution >= 0.6 is 0 Å². The largest absolute Gasteiger partial charge is 0.377 e. The van der Waals surface area contributed by atoms with Crippen molar-refractivity contribution in [2.75, 3.05) is 31.6 Å². The number of carbonyl (C=O) groups excluding carboxylic acids is 1. The van der Waals surface area contributed by atoms with Gasteiger partial charge in [-0.3, -0.25) is 9.48 Å². The molecular formula is C24H30FN5O2. The number of alkyl halides is 1. The van der Waals surface area contributed by atoms with Crippen LogP contribution < -0.4 is 5.32 Å². The summed E-state index contributed by atoms with van der Waals surface area (Å²) in [4.78, 5) is 19.2. The predicted octanol–water partition coefficient (Wildman–Crippen LogP) is 3.80. The minimum atomic E-state index is -1.89. The number of aryl methyl sites for hydroxylation is 1.